The monoisotopic (exact) mass is 322 g/mol. The van der Waals surface area contributed by atoms with Gasteiger partial charge in [-0.2, -0.15) is 13.2 Å². The minimum Gasteiger partial charge on any atom is -0.591 e. The Bertz CT molecular complexity index is 568. The van der Waals surface area contributed by atoms with Crippen molar-refractivity contribution in [2.75, 3.05) is 0 Å². The molecule has 0 aromatic heterocycles. The number of hydrogen-bond acceptors (Lipinski definition) is 4. The quantitative estimate of drug-likeness (QED) is 0.370. The zero-order valence-corrected chi connectivity index (χ0v) is 12.3. The van der Waals surface area contributed by atoms with Gasteiger partial charge in [0.15, 0.2) is 0 Å². The molecule has 0 aliphatic carbocycles. The van der Waals surface area contributed by atoms with Crippen LogP contribution in [-0.4, -0.2) is 20.4 Å². The van der Waals surface area contributed by atoms with Crippen molar-refractivity contribution in [3.8, 4) is 0 Å². The van der Waals surface area contributed by atoms with Gasteiger partial charge in [0.05, 0.1) is 16.7 Å². The van der Waals surface area contributed by atoms with E-state index < -0.39 is 38.5 Å². The number of rotatable bonds is 3. The lowest BCUT2D eigenvalue weighted by molar-refractivity contribution is -0.385. The summed E-state index contributed by atoms with van der Waals surface area (Å²) in [5, 5.41) is 10.7. The smallest absolute Gasteiger partial charge is 0.416 e. The van der Waals surface area contributed by atoms with Crippen molar-refractivity contribution in [3.05, 3.63) is 39.4 Å². The Balaban J connectivity index is 3.21. The molecule has 0 N–H and O–H groups in total. The first-order valence-electron chi connectivity index (χ1n) is 5.74. The van der Waals surface area contributed by atoms with Crippen LogP contribution >= 0.6 is 0 Å². The number of nitro benzene ring substituents is 1. The maximum atomic E-state index is 12.7. The van der Waals surface area contributed by atoms with Crippen LogP contribution in [-0.2, 0) is 17.5 Å². The second kappa shape index (κ2) is 6.02. The van der Waals surface area contributed by atoms with Crippen molar-refractivity contribution in [3.63, 3.8) is 0 Å². The lowest BCUT2D eigenvalue weighted by Crippen LogP contribution is -2.25. The highest BCUT2D eigenvalue weighted by Crippen LogP contribution is 2.32. The van der Waals surface area contributed by atoms with Gasteiger partial charge in [0.2, 0.25) is 0 Å². The number of nitro groups is 1. The predicted octanol–water partition coefficient (Wildman–Crippen LogP) is 3.49. The number of benzene rings is 1. The molecule has 0 aliphatic rings. The van der Waals surface area contributed by atoms with Crippen LogP contribution in [0, 0.1) is 10.1 Å². The average Bonchev–Trinajstić information content (AvgIpc) is 2.33. The SMILES string of the molecule is CC(C)(C)[S@@+]([O-])/N=C\c1cc([N+](=O)[O-])cc(C(F)(F)F)c1. The number of alkyl halides is 3. The van der Waals surface area contributed by atoms with E-state index in [9.17, 15) is 27.8 Å². The van der Waals surface area contributed by atoms with Crippen molar-refractivity contribution in [1.82, 2.24) is 0 Å². The van der Waals surface area contributed by atoms with Crippen LogP contribution in [0.2, 0.25) is 0 Å². The van der Waals surface area contributed by atoms with Gasteiger partial charge in [-0.3, -0.25) is 10.1 Å². The molecule has 21 heavy (non-hydrogen) atoms. The van der Waals surface area contributed by atoms with Crippen molar-refractivity contribution < 1.29 is 22.6 Å². The van der Waals surface area contributed by atoms with Crippen molar-refractivity contribution >= 4 is 23.3 Å². The van der Waals surface area contributed by atoms with Crippen LogP contribution in [0.15, 0.2) is 22.6 Å². The molecule has 0 amide bonds. The van der Waals surface area contributed by atoms with Crippen LogP contribution in [0.3, 0.4) is 0 Å². The molecular weight excluding hydrogens is 309 g/mol. The third-order valence-electron chi connectivity index (χ3n) is 2.30. The fourth-order valence-electron chi connectivity index (χ4n) is 1.25. The lowest BCUT2D eigenvalue weighted by Gasteiger charge is -2.17. The number of non-ortho nitro benzene ring substituents is 1. The van der Waals surface area contributed by atoms with Crippen LogP contribution in [0.4, 0.5) is 18.9 Å². The molecule has 1 aromatic rings. The zero-order valence-electron chi connectivity index (χ0n) is 11.5. The van der Waals surface area contributed by atoms with Crippen molar-refractivity contribution in [2.24, 2.45) is 4.40 Å². The van der Waals surface area contributed by atoms with Crippen LogP contribution in [0.5, 0.6) is 0 Å². The number of hydrogen-bond donors (Lipinski definition) is 0. The Labute approximate surface area is 122 Å². The third kappa shape index (κ3) is 5.01. The predicted molar refractivity (Wildman–Crippen MR) is 73.6 cm³/mol. The standard InChI is InChI=1S/C12H13F3N2O3S/c1-11(2,3)21(20)16-7-8-4-9(12(13,14)15)6-10(5-8)17(18)19/h4-7H,1-3H3/b16-7-/t21-/m1/s1. The zero-order chi connectivity index (χ0) is 16.4. The van der Waals surface area contributed by atoms with Gasteiger partial charge in [0, 0.05) is 17.7 Å². The lowest BCUT2D eigenvalue weighted by atomic mass is 10.1. The normalized spacial score (nSPS) is 14.4. The summed E-state index contributed by atoms with van der Waals surface area (Å²) >= 11 is -1.66. The Morgan fingerprint density at radius 3 is 2.24 bits per heavy atom. The molecule has 0 fully saturated rings. The highest BCUT2D eigenvalue weighted by Gasteiger charge is 2.33. The van der Waals surface area contributed by atoms with E-state index in [1.807, 2.05) is 0 Å². The summed E-state index contributed by atoms with van der Waals surface area (Å²) in [4.78, 5) is 9.74. The third-order valence-corrected chi connectivity index (χ3v) is 3.64. The summed E-state index contributed by atoms with van der Waals surface area (Å²) in [6.45, 7) is 4.94. The minimum atomic E-state index is -4.71. The number of halogens is 3. The molecule has 0 saturated carbocycles. The largest absolute Gasteiger partial charge is 0.591 e. The second-order valence-corrected chi connectivity index (χ2v) is 7.10. The highest BCUT2D eigenvalue weighted by molar-refractivity contribution is 7.91. The molecule has 1 rings (SSSR count). The van der Waals surface area contributed by atoms with Gasteiger partial charge < -0.3 is 4.55 Å². The summed E-state index contributed by atoms with van der Waals surface area (Å²) in [6.07, 6.45) is -3.76. The van der Waals surface area contributed by atoms with Gasteiger partial charge in [0.25, 0.3) is 5.69 Å². The van der Waals surface area contributed by atoms with Crippen molar-refractivity contribution in [1.29, 1.82) is 0 Å². The van der Waals surface area contributed by atoms with Crippen LogP contribution < -0.4 is 0 Å². The molecule has 0 unspecified atom stereocenters. The van der Waals surface area contributed by atoms with Gasteiger partial charge in [-0.25, -0.2) is 0 Å². The summed E-state index contributed by atoms with van der Waals surface area (Å²) in [5.74, 6) is 0. The van der Waals surface area contributed by atoms with E-state index >= 15 is 0 Å². The molecule has 0 aliphatic heterocycles. The first kappa shape index (κ1) is 17.4. The molecule has 0 saturated heterocycles. The van der Waals surface area contributed by atoms with E-state index in [1.165, 1.54) is 0 Å². The molecule has 0 radical (unpaired) electrons. The molecule has 0 heterocycles. The fraction of sp³-hybridized carbons (Fsp3) is 0.417. The van der Waals surface area contributed by atoms with Gasteiger partial charge in [-0.05, 0) is 26.8 Å². The van der Waals surface area contributed by atoms with Crippen LogP contribution in [0.25, 0.3) is 0 Å². The maximum Gasteiger partial charge on any atom is 0.416 e. The Morgan fingerprint density at radius 2 is 1.81 bits per heavy atom. The molecule has 116 valence electrons. The molecule has 0 bridgehead atoms. The Morgan fingerprint density at radius 1 is 1.24 bits per heavy atom. The summed E-state index contributed by atoms with van der Waals surface area (Å²) in [5.41, 5.74) is -1.98. The second-order valence-electron chi connectivity index (χ2n) is 5.16. The first-order chi connectivity index (χ1) is 9.41. The summed E-state index contributed by atoms with van der Waals surface area (Å²) < 4.78 is 52.7. The molecular formula is C12H13F3N2O3S. The first-order valence-corrected chi connectivity index (χ1v) is 6.84. The molecule has 5 nitrogen and oxygen atoms in total. The minimum absolute atomic E-state index is 0.130. The van der Waals surface area contributed by atoms with E-state index in [2.05, 4.69) is 4.40 Å². The van der Waals surface area contributed by atoms with Gasteiger partial charge in [0.1, 0.15) is 16.1 Å². The Kier molecular flexibility index (Phi) is 5.00. The number of nitrogens with zero attached hydrogens (tertiary/aromatic N) is 2. The average molecular weight is 322 g/mol. The van der Waals surface area contributed by atoms with Gasteiger partial charge >= 0.3 is 6.18 Å². The van der Waals surface area contributed by atoms with Gasteiger partial charge in [-0.15, -0.1) is 0 Å². The van der Waals surface area contributed by atoms with Crippen molar-refractivity contribution in [2.45, 2.75) is 31.7 Å². The highest BCUT2D eigenvalue weighted by atomic mass is 32.2. The molecule has 1 aromatic carbocycles. The summed E-state index contributed by atoms with van der Waals surface area (Å²) in [7, 11) is 0. The Hall–Kier alpha value is -1.61. The van der Waals surface area contributed by atoms with E-state index in [0.29, 0.717) is 6.07 Å². The van der Waals surface area contributed by atoms with E-state index in [-0.39, 0.29) is 5.56 Å². The summed E-state index contributed by atoms with van der Waals surface area (Å²) in [6, 6.07) is 2.10. The van der Waals surface area contributed by atoms with Crippen LogP contribution in [0.1, 0.15) is 31.9 Å². The van der Waals surface area contributed by atoms with Gasteiger partial charge in [-0.1, -0.05) is 4.40 Å². The van der Waals surface area contributed by atoms with E-state index in [0.717, 1.165) is 18.3 Å². The maximum absolute atomic E-state index is 12.7. The van der Waals surface area contributed by atoms with E-state index in [4.69, 9.17) is 0 Å². The topological polar surface area (TPSA) is 78.6 Å². The fourth-order valence-corrected chi connectivity index (χ4v) is 1.78. The van der Waals surface area contributed by atoms with E-state index in [1.54, 1.807) is 20.8 Å². The molecule has 9 heteroatoms. The molecule has 1 atom stereocenters. The molecule has 0 spiro atoms.